The van der Waals surface area contributed by atoms with Crippen molar-refractivity contribution in [1.82, 2.24) is 9.97 Å². The highest BCUT2D eigenvalue weighted by Gasteiger charge is 2.13. The van der Waals surface area contributed by atoms with Gasteiger partial charge in [-0.2, -0.15) is 0 Å². The van der Waals surface area contributed by atoms with Gasteiger partial charge in [0, 0.05) is 10.6 Å². The maximum atomic E-state index is 5.97. The maximum Gasteiger partial charge on any atom is 0.160 e. The van der Waals surface area contributed by atoms with Gasteiger partial charge in [0.15, 0.2) is 5.82 Å². The molecule has 0 amide bonds. The van der Waals surface area contributed by atoms with Gasteiger partial charge in [0.25, 0.3) is 0 Å². The lowest BCUT2D eigenvalue weighted by Crippen LogP contribution is -2.04. The van der Waals surface area contributed by atoms with Crippen molar-refractivity contribution in [2.45, 2.75) is 17.7 Å². The van der Waals surface area contributed by atoms with Gasteiger partial charge in [-0.05, 0) is 30.7 Å². The molecule has 0 spiro atoms. The molecule has 0 aliphatic carbocycles. The lowest BCUT2D eigenvalue weighted by atomic mass is 10.2. The van der Waals surface area contributed by atoms with Gasteiger partial charge in [-0.25, -0.2) is 9.97 Å². The normalized spacial score (nSPS) is 14.4. The van der Waals surface area contributed by atoms with E-state index in [1.807, 2.05) is 24.3 Å². The quantitative estimate of drug-likeness (QED) is 0.784. The number of fused-ring (bicyclic) bond motifs is 1. The number of benzene rings is 1. The third-order valence-electron chi connectivity index (χ3n) is 2.65. The highest BCUT2D eigenvalue weighted by Crippen LogP contribution is 2.29. The summed E-state index contributed by atoms with van der Waals surface area (Å²) in [5.41, 5.74) is 2.07. The Labute approximate surface area is 109 Å². The highest BCUT2D eigenvalue weighted by molar-refractivity contribution is 7.99. The smallest absolute Gasteiger partial charge is 0.160 e. The number of rotatable bonds is 1. The SMILES string of the molecule is Clc1cccc(-c2n[c]c3c(n2)CCCS3)c1. The van der Waals surface area contributed by atoms with Crippen LogP contribution in [0.3, 0.4) is 0 Å². The molecule has 1 radical (unpaired) electrons. The van der Waals surface area contributed by atoms with Crippen molar-refractivity contribution in [3.63, 3.8) is 0 Å². The Morgan fingerprint density at radius 3 is 3.18 bits per heavy atom. The van der Waals surface area contributed by atoms with Crippen LogP contribution in [0.4, 0.5) is 0 Å². The van der Waals surface area contributed by atoms with Crippen molar-refractivity contribution in [2.75, 3.05) is 5.75 Å². The van der Waals surface area contributed by atoms with Gasteiger partial charge in [0.1, 0.15) is 6.20 Å². The second-order valence-corrected chi connectivity index (χ2v) is 5.44. The van der Waals surface area contributed by atoms with Crippen LogP contribution in [0.5, 0.6) is 0 Å². The Morgan fingerprint density at radius 1 is 1.35 bits per heavy atom. The lowest BCUT2D eigenvalue weighted by Gasteiger charge is -2.13. The molecule has 0 unspecified atom stereocenters. The van der Waals surface area contributed by atoms with Crippen molar-refractivity contribution in [2.24, 2.45) is 0 Å². The van der Waals surface area contributed by atoms with E-state index in [4.69, 9.17) is 11.6 Å². The predicted molar refractivity (Wildman–Crippen MR) is 70.4 cm³/mol. The number of hydrogen-bond donors (Lipinski definition) is 0. The van der Waals surface area contributed by atoms with Gasteiger partial charge >= 0.3 is 0 Å². The molecule has 1 aromatic heterocycles. The minimum Gasteiger partial charge on any atom is -0.232 e. The molecular formula is C13H10ClN2S. The molecule has 0 atom stereocenters. The van der Waals surface area contributed by atoms with Crippen LogP contribution in [0.1, 0.15) is 12.1 Å². The minimum atomic E-state index is 0.707. The Morgan fingerprint density at radius 2 is 2.29 bits per heavy atom. The zero-order valence-electron chi connectivity index (χ0n) is 9.11. The summed E-state index contributed by atoms with van der Waals surface area (Å²) in [6.07, 6.45) is 5.28. The maximum absolute atomic E-state index is 5.97. The average Bonchev–Trinajstić information content (AvgIpc) is 2.38. The summed E-state index contributed by atoms with van der Waals surface area (Å²) in [5, 5.41) is 0.707. The number of nitrogens with zero attached hydrogens (tertiary/aromatic N) is 2. The van der Waals surface area contributed by atoms with Crippen molar-refractivity contribution >= 4 is 23.4 Å². The van der Waals surface area contributed by atoms with Crippen LogP contribution in [0, 0.1) is 6.20 Å². The highest BCUT2D eigenvalue weighted by atomic mass is 35.5. The monoisotopic (exact) mass is 261 g/mol. The molecule has 17 heavy (non-hydrogen) atoms. The molecule has 1 aliphatic heterocycles. The summed E-state index contributed by atoms with van der Waals surface area (Å²) in [5.74, 6) is 1.86. The largest absolute Gasteiger partial charge is 0.232 e. The molecular weight excluding hydrogens is 252 g/mol. The van der Waals surface area contributed by atoms with Crippen LogP contribution < -0.4 is 0 Å². The molecule has 2 heterocycles. The standard InChI is InChI=1S/C13H10ClN2S/c14-10-4-1-3-9(7-10)13-15-8-12-11(16-13)5-2-6-17-12/h1,3-4,7H,2,5-6H2. The minimum absolute atomic E-state index is 0.707. The molecule has 0 saturated heterocycles. The summed E-state index contributed by atoms with van der Waals surface area (Å²) in [7, 11) is 0. The molecule has 2 aromatic rings. The summed E-state index contributed by atoms with van der Waals surface area (Å²) in [4.78, 5) is 9.99. The van der Waals surface area contributed by atoms with Gasteiger partial charge in [0.2, 0.25) is 0 Å². The Hall–Kier alpha value is -1.06. The van der Waals surface area contributed by atoms with Crippen molar-refractivity contribution < 1.29 is 0 Å². The van der Waals surface area contributed by atoms with Crippen LogP contribution >= 0.6 is 23.4 Å². The van der Waals surface area contributed by atoms with E-state index in [1.54, 1.807) is 11.8 Å². The fourth-order valence-corrected chi connectivity index (χ4v) is 2.93. The van der Waals surface area contributed by atoms with E-state index in [-0.39, 0.29) is 0 Å². The van der Waals surface area contributed by atoms with E-state index in [1.165, 1.54) is 6.42 Å². The second-order valence-electron chi connectivity index (χ2n) is 3.90. The predicted octanol–water partition coefficient (Wildman–Crippen LogP) is 3.64. The van der Waals surface area contributed by atoms with Crippen molar-refractivity contribution in [3.05, 3.63) is 41.2 Å². The van der Waals surface area contributed by atoms with Gasteiger partial charge < -0.3 is 0 Å². The molecule has 4 heteroatoms. The number of hydrogen-bond acceptors (Lipinski definition) is 3. The Bertz CT molecular complexity index is 557. The molecule has 1 aliphatic rings. The first kappa shape index (κ1) is 11.1. The molecule has 0 saturated carbocycles. The van der Waals surface area contributed by atoms with Crippen LogP contribution in [-0.2, 0) is 6.42 Å². The third kappa shape index (κ3) is 2.31. The summed E-state index contributed by atoms with van der Waals surface area (Å²) >= 11 is 7.76. The first-order valence-corrected chi connectivity index (χ1v) is 6.86. The van der Waals surface area contributed by atoms with Crippen molar-refractivity contribution in [3.8, 4) is 11.4 Å². The zero-order chi connectivity index (χ0) is 11.7. The summed E-state index contributed by atoms with van der Waals surface area (Å²) in [6, 6.07) is 7.61. The first-order valence-electron chi connectivity index (χ1n) is 5.50. The van der Waals surface area contributed by atoms with E-state index < -0.39 is 0 Å². The Balaban J connectivity index is 2.04. The average molecular weight is 262 g/mol. The van der Waals surface area contributed by atoms with Crippen LogP contribution in [0.25, 0.3) is 11.4 Å². The number of halogens is 1. The number of aryl methyl sites for hydroxylation is 1. The van der Waals surface area contributed by atoms with Gasteiger partial charge in [-0.15, -0.1) is 11.8 Å². The molecule has 3 rings (SSSR count). The third-order valence-corrected chi connectivity index (χ3v) is 4.00. The van der Waals surface area contributed by atoms with E-state index in [9.17, 15) is 0 Å². The van der Waals surface area contributed by atoms with Crippen LogP contribution in [0.15, 0.2) is 29.2 Å². The summed E-state index contributed by atoms with van der Waals surface area (Å²) in [6.45, 7) is 0. The van der Waals surface area contributed by atoms with E-state index >= 15 is 0 Å². The van der Waals surface area contributed by atoms with Crippen LogP contribution in [-0.4, -0.2) is 15.7 Å². The second kappa shape index (κ2) is 4.67. The molecule has 0 fully saturated rings. The van der Waals surface area contributed by atoms with Gasteiger partial charge in [-0.1, -0.05) is 23.7 Å². The van der Waals surface area contributed by atoms with E-state index in [2.05, 4.69) is 16.2 Å². The fourth-order valence-electron chi connectivity index (χ4n) is 1.83. The lowest BCUT2D eigenvalue weighted by molar-refractivity contribution is 0.829. The molecule has 85 valence electrons. The summed E-state index contributed by atoms with van der Waals surface area (Å²) < 4.78 is 0. The number of thioether (sulfide) groups is 1. The molecule has 1 aromatic carbocycles. The van der Waals surface area contributed by atoms with Gasteiger partial charge in [-0.3, -0.25) is 0 Å². The van der Waals surface area contributed by atoms with Crippen LogP contribution in [0.2, 0.25) is 5.02 Å². The van der Waals surface area contributed by atoms with Crippen molar-refractivity contribution in [1.29, 1.82) is 0 Å². The number of aromatic nitrogens is 2. The fraction of sp³-hybridized carbons (Fsp3) is 0.231. The topological polar surface area (TPSA) is 25.8 Å². The molecule has 0 N–H and O–H groups in total. The Kier molecular flexibility index (Phi) is 3.04. The van der Waals surface area contributed by atoms with Gasteiger partial charge in [0.05, 0.1) is 10.6 Å². The molecule has 0 bridgehead atoms. The molecule has 2 nitrogen and oxygen atoms in total. The van der Waals surface area contributed by atoms with E-state index in [0.29, 0.717) is 10.8 Å². The van der Waals surface area contributed by atoms with E-state index in [0.717, 1.165) is 28.3 Å². The first-order chi connectivity index (χ1) is 8.33. The zero-order valence-corrected chi connectivity index (χ0v) is 10.7.